The summed E-state index contributed by atoms with van der Waals surface area (Å²) in [6.45, 7) is 4.67. The molecule has 21 heavy (non-hydrogen) atoms. The largest absolute Gasteiger partial charge is 0.481 e. The fourth-order valence-corrected chi connectivity index (χ4v) is 2.52. The van der Waals surface area contributed by atoms with Gasteiger partial charge in [0.2, 0.25) is 0 Å². The number of carboxylic acids is 1. The summed E-state index contributed by atoms with van der Waals surface area (Å²) in [5, 5.41) is 12.1. The molecule has 3 N–H and O–H groups in total. The zero-order valence-electron chi connectivity index (χ0n) is 12.6. The van der Waals surface area contributed by atoms with E-state index in [4.69, 9.17) is 5.11 Å². The van der Waals surface area contributed by atoms with Gasteiger partial charge in [-0.2, -0.15) is 0 Å². The molecule has 0 aromatic carbocycles. The molecule has 1 aliphatic carbocycles. The zero-order valence-corrected chi connectivity index (χ0v) is 12.6. The maximum Gasteiger partial charge on any atom is 0.303 e. The average molecular weight is 293 g/mol. The van der Waals surface area contributed by atoms with Gasteiger partial charge in [-0.15, -0.1) is 0 Å². The Balaban J connectivity index is 1.99. The molecule has 1 heterocycles. The lowest BCUT2D eigenvalue weighted by Crippen LogP contribution is -2.21. The van der Waals surface area contributed by atoms with Crippen molar-refractivity contribution in [1.29, 1.82) is 0 Å². The van der Waals surface area contributed by atoms with Gasteiger partial charge in [-0.25, -0.2) is 4.98 Å². The Bertz CT molecular complexity index is 549. The fraction of sp³-hybridized carbons (Fsp3) is 0.667. The smallest absolute Gasteiger partial charge is 0.303 e. The second kappa shape index (κ2) is 6.74. The predicted molar refractivity (Wildman–Crippen MR) is 80.5 cm³/mol. The summed E-state index contributed by atoms with van der Waals surface area (Å²) in [7, 11) is 0. The van der Waals surface area contributed by atoms with Crippen LogP contribution in [0.15, 0.2) is 10.9 Å². The molecular weight excluding hydrogens is 270 g/mol. The molecule has 6 heteroatoms. The number of rotatable bonds is 8. The molecule has 0 amide bonds. The molecule has 0 radical (unpaired) electrons. The van der Waals surface area contributed by atoms with Crippen LogP contribution in [0.1, 0.15) is 51.3 Å². The molecule has 1 atom stereocenters. The second-order valence-electron chi connectivity index (χ2n) is 6.26. The molecule has 1 unspecified atom stereocenters. The zero-order chi connectivity index (χ0) is 15.4. The van der Waals surface area contributed by atoms with E-state index in [0.29, 0.717) is 24.2 Å². The van der Waals surface area contributed by atoms with Crippen LogP contribution in [0, 0.1) is 11.8 Å². The van der Waals surface area contributed by atoms with Crippen LogP contribution >= 0.6 is 0 Å². The Morgan fingerprint density at radius 3 is 2.81 bits per heavy atom. The number of aromatic nitrogens is 2. The first-order valence-electron chi connectivity index (χ1n) is 7.51. The third kappa shape index (κ3) is 5.21. The number of carboxylic acid groups (broad SMARTS) is 1. The van der Waals surface area contributed by atoms with Crippen molar-refractivity contribution in [2.75, 3.05) is 11.9 Å². The number of H-pyrrole nitrogens is 1. The fourth-order valence-electron chi connectivity index (χ4n) is 2.52. The minimum Gasteiger partial charge on any atom is -0.481 e. The lowest BCUT2D eigenvalue weighted by Gasteiger charge is -2.18. The van der Waals surface area contributed by atoms with E-state index in [9.17, 15) is 9.59 Å². The van der Waals surface area contributed by atoms with Crippen LogP contribution in [0.25, 0.3) is 0 Å². The summed E-state index contributed by atoms with van der Waals surface area (Å²) >= 11 is 0. The third-order valence-corrected chi connectivity index (χ3v) is 3.56. The first-order valence-corrected chi connectivity index (χ1v) is 7.51. The Hall–Kier alpha value is -1.85. The first-order chi connectivity index (χ1) is 9.94. The van der Waals surface area contributed by atoms with Gasteiger partial charge >= 0.3 is 5.97 Å². The van der Waals surface area contributed by atoms with Gasteiger partial charge in [-0.05, 0) is 31.1 Å². The predicted octanol–water partition coefficient (Wildman–Crippen LogP) is 2.20. The van der Waals surface area contributed by atoms with Crippen LogP contribution in [0.5, 0.6) is 0 Å². The highest BCUT2D eigenvalue weighted by Gasteiger charge is 2.26. The Labute approximate surface area is 124 Å². The minimum absolute atomic E-state index is 0.0352. The van der Waals surface area contributed by atoms with Crippen LogP contribution in [0.4, 0.5) is 5.82 Å². The summed E-state index contributed by atoms with van der Waals surface area (Å²) in [4.78, 5) is 29.7. The standard InChI is InChI=1S/C15H23N3O3/c1-9(2)5-10(6-14(20)21)8-16-12-7-13(19)18-15(17-12)11-3-4-11/h7,9-11H,3-6,8H2,1-2H3,(H,20,21)(H2,16,17,18,19). The van der Waals surface area contributed by atoms with Gasteiger partial charge in [0.05, 0.1) is 0 Å². The summed E-state index contributed by atoms with van der Waals surface area (Å²) in [5.74, 6) is 1.34. The van der Waals surface area contributed by atoms with Crippen LogP contribution in [0.3, 0.4) is 0 Å². The molecule has 0 saturated heterocycles. The molecule has 1 aromatic rings. The minimum atomic E-state index is -0.792. The van der Waals surface area contributed by atoms with E-state index >= 15 is 0 Å². The highest BCUT2D eigenvalue weighted by Crippen LogP contribution is 2.37. The van der Waals surface area contributed by atoms with Crippen LogP contribution in [-0.2, 0) is 4.79 Å². The first kappa shape index (κ1) is 15.5. The average Bonchev–Trinajstić information content (AvgIpc) is 3.18. The normalized spacial score (nSPS) is 16.0. The van der Waals surface area contributed by atoms with Gasteiger partial charge in [0.15, 0.2) is 0 Å². The van der Waals surface area contributed by atoms with Gasteiger partial charge < -0.3 is 15.4 Å². The molecule has 2 rings (SSSR count). The molecule has 1 aromatic heterocycles. The monoisotopic (exact) mass is 293 g/mol. The van der Waals surface area contributed by atoms with Crippen LogP contribution in [0.2, 0.25) is 0 Å². The third-order valence-electron chi connectivity index (χ3n) is 3.56. The number of aliphatic carboxylic acids is 1. The van der Waals surface area contributed by atoms with Crippen molar-refractivity contribution in [3.05, 3.63) is 22.2 Å². The number of nitrogens with zero attached hydrogens (tertiary/aromatic N) is 1. The van der Waals surface area contributed by atoms with Gasteiger partial charge in [-0.3, -0.25) is 9.59 Å². The van der Waals surface area contributed by atoms with Crippen molar-refractivity contribution in [2.24, 2.45) is 11.8 Å². The summed E-state index contributed by atoms with van der Waals surface area (Å²) < 4.78 is 0. The van der Waals surface area contributed by atoms with Gasteiger partial charge in [0.1, 0.15) is 11.6 Å². The van der Waals surface area contributed by atoms with Gasteiger partial charge in [0, 0.05) is 24.9 Å². The Kier molecular flexibility index (Phi) is 4.98. The van der Waals surface area contributed by atoms with E-state index in [0.717, 1.165) is 25.1 Å². The maximum absolute atomic E-state index is 11.6. The number of anilines is 1. The Morgan fingerprint density at radius 1 is 1.52 bits per heavy atom. The highest BCUT2D eigenvalue weighted by atomic mass is 16.4. The van der Waals surface area contributed by atoms with Crippen molar-refractivity contribution in [3.63, 3.8) is 0 Å². The van der Waals surface area contributed by atoms with Crippen LogP contribution in [-0.4, -0.2) is 27.6 Å². The van der Waals surface area contributed by atoms with Crippen molar-refractivity contribution in [1.82, 2.24) is 9.97 Å². The number of carbonyl (C=O) groups is 1. The van der Waals surface area contributed by atoms with E-state index in [2.05, 4.69) is 29.1 Å². The van der Waals surface area contributed by atoms with E-state index in [1.165, 1.54) is 6.07 Å². The number of hydrogen-bond acceptors (Lipinski definition) is 4. The lowest BCUT2D eigenvalue weighted by molar-refractivity contribution is -0.138. The topological polar surface area (TPSA) is 95.1 Å². The van der Waals surface area contributed by atoms with Crippen molar-refractivity contribution >= 4 is 11.8 Å². The van der Waals surface area contributed by atoms with Gasteiger partial charge in [0.25, 0.3) is 5.56 Å². The molecule has 116 valence electrons. The molecule has 1 aliphatic rings. The van der Waals surface area contributed by atoms with Crippen molar-refractivity contribution in [2.45, 2.75) is 45.4 Å². The lowest BCUT2D eigenvalue weighted by atomic mass is 9.94. The number of nitrogens with one attached hydrogen (secondary N) is 2. The molecular formula is C15H23N3O3. The molecule has 0 bridgehead atoms. The molecule has 1 saturated carbocycles. The molecule has 1 fully saturated rings. The van der Waals surface area contributed by atoms with Gasteiger partial charge in [-0.1, -0.05) is 13.8 Å². The Morgan fingerprint density at radius 2 is 2.24 bits per heavy atom. The van der Waals surface area contributed by atoms with E-state index in [1.807, 2.05) is 0 Å². The SMILES string of the molecule is CC(C)CC(CNc1cc(=O)[nH]c(C2CC2)n1)CC(=O)O. The molecule has 6 nitrogen and oxygen atoms in total. The summed E-state index contributed by atoms with van der Waals surface area (Å²) in [5.41, 5.74) is -0.159. The van der Waals surface area contributed by atoms with E-state index in [-0.39, 0.29) is 17.9 Å². The molecule has 0 aliphatic heterocycles. The summed E-state index contributed by atoms with van der Waals surface area (Å²) in [6, 6.07) is 1.43. The highest BCUT2D eigenvalue weighted by molar-refractivity contribution is 5.67. The number of aromatic amines is 1. The second-order valence-corrected chi connectivity index (χ2v) is 6.26. The number of hydrogen-bond donors (Lipinski definition) is 3. The molecule has 0 spiro atoms. The van der Waals surface area contributed by atoms with E-state index in [1.54, 1.807) is 0 Å². The van der Waals surface area contributed by atoms with Crippen LogP contribution < -0.4 is 10.9 Å². The summed E-state index contributed by atoms with van der Waals surface area (Å²) in [6.07, 6.45) is 3.10. The van der Waals surface area contributed by atoms with Crippen molar-refractivity contribution in [3.8, 4) is 0 Å². The maximum atomic E-state index is 11.6. The quantitative estimate of drug-likeness (QED) is 0.683. The van der Waals surface area contributed by atoms with Crippen molar-refractivity contribution < 1.29 is 9.90 Å². The van der Waals surface area contributed by atoms with E-state index < -0.39 is 5.97 Å².